The third kappa shape index (κ3) is 76.7. The Hall–Kier alpha value is -1.15. The van der Waals surface area contributed by atoms with Crippen LogP contribution in [0.3, 0.4) is 0 Å². The minimum absolute atomic E-state index is 0.0573. The fourth-order valence-electron chi connectivity index (χ4n) is 0.301. The van der Waals surface area contributed by atoms with Gasteiger partial charge in [-0.15, -0.1) is 0 Å². The molecule has 0 aliphatic carbocycles. The van der Waals surface area contributed by atoms with Crippen molar-refractivity contribution in [2.75, 3.05) is 13.7 Å². The summed E-state index contributed by atoms with van der Waals surface area (Å²) in [5, 5.41) is 9.81. The van der Waals surface area contributed by atoms with Crippen molar-refractivity contribution in [2.45, 2.75) is 20.3 Å². The molecule has 0 aromatic carbocycles. The average Bonchev–Trinajstić information content (AvgIpc) is 2.14. The van der Waals surface area contributed by atoms with Crippen molar-refractivity contribution in [2.24, 2.45) is 11.5 Å². The van der Waals surface area contributed by atoms with E-state index < -0.39 is 5.17 Å². The van der Waals surface area contributed by atoms with Crippen molar-refractivity contribution >= 4 is 40.7 Å². The fraction of sp³-hybridized carbons (Fsp3) is 0.625. The summed E-state index contributed by atoms with van der Waals surface area (Å²) in [4.78, 5) is 10.1. The van der Waals surface area contributed by atoms with Gasteiger partial charge in [-0.05, 0) is 30.9 Å². The molecule has 0 heterocycles. The third-order valence-electron chi connectivity index (χ3n) is 0.825. The number of nitrogens with two attached hydrogens (primary N) is 2. The van der Waals surface area contributed by atoms with Crippen LogP contribution in [0.4, 0.5) is 0 Å². The summed E-state index contributed by atoms with van der Waals surface area (Å²) in [5.74, 6) is 0.0573. The zero-order chi connectivity index (χ0) is 13.6. The summed E-state index contributed by atoms with van der Waals surface area (Å²) < 4.78 is 4.26. The van der Waals surface area contributed by atoms with Crippen molar-refractivity contribution in [1.82, 2.24) is 5.32 Å². The first-order chi connectivity index (χ1) is 7.27. The van der Waals surface area contributed by atoms with E-state index in [1.54, 1.807) is 0 Å². The largest absolute Gasteiger partial charge is 0.487 e. The van der Waals surface area contributed by atoms with Gasteiger partial charge in [0.05, 0.1) is 7.11 Å². The Morgan fingerprint density at radius 2 is 1.75 bits per heavy atom. The molecule has 16 heavy (non-hydrogen) atoms. The maximum Gasteiger partial charge on any atom is 0.253 e. The molecule has 0 radical (unpaired) electrons. The Labute approximate surface area is 106 Å². The predicted molar refractivity (Wildman–Crippen MR) is 72.2 cm³/mol. The van der Waals surface area contributed by atoms with Crippen LogP contribution in [0.15, 0.2) is 0 Å². The number of hydrogen-bond acceptors (Lipinski definition) is 4. The Bertz CT molecular complexity index is 209. The molecular weight excluding hydrogens is 250 g/mol. The van der Waals surface area contributed by atoms with Crippen molar-refractivity contribution in [1.29, 1.82) is 0 Å². The van der Waals surface area contributed by atoms with Gasteiger partial charge in [0, 0.05) is 13.5 Å². The second kappa shape index (κ2) is 16.3. The van der Waals surface area contributed by atoms with Crippen molar-refractivity contribution in [3.05, 3.63) is 0 Å². The SMILES string of the molecule is CCCNC(C)=O.COC(N)=S.NC(O)=S. The van der Waals surface area contributed by atoms with Gasteiger partial charge >= 0.3 is 0 Å². The summed E-state index contributed by atoms with van der Waals surface area (Å²) in [5.41, 5.74) is 9.20. The molecule has 0 spiro atoms. The van der Waals surface area contributed by atoms with Gasteiger partial charge < -0.3 is 26.6 Å². The van der Waals surface area contributed by atoms with Gasteiger partial charge in [-0.1, -0.05) is 6.92 Å². The zero-order valence-corrected chi connectivity index (χ0v) is 11.3. The maximum atomic E-state index is 10.1. The number of hydrogen-bond donors (Lipinski definition) is 4. The van der Waals surface area contributed by atoms with E-state index in [9.17, 15) is 4.79 Å². The van der Waals surface area contributed by atoms with Crippen LogP contribution in [-0.2, 0) is 9.53 Å². The second-order valence-corrected chi connectivity index (χ2v) is 3.17. The maximum absolute atomic E-state index is 10.1. The van der Waals surface area contributed by atoms with Crippen LogP contribution in [0.1, 0.15) is 20.3 Å². The number of aliphatic hydroxyl groups is 1. The average molecular weight is 269 g/mol. The number of ether oxygens (including phenoxy) is 1. The summed E-state index contributed by atoms with van der Waals surface area (Å²) in [6, 6.07) is 0. The summed E-state index contributed by atoms with van der Waals surface area (Å²) in [7, 11) is 1.43. The first-order valence-electron chi connectivity index (χ1n) is 4.34. The van der Waals surface area contributed by atoms with Crippen LogP contribution < -0.4 is 16.8 Å². The first kappa shape index (κ1) is 20.3. The predicted octanol–water partition coefficient (Wildman–Crippen LogP) is 0.197. The van der Waals surface area contributed by atoms with Gasteiger partial charge in [-0.2, -0.15) is 0 Å². The second-order valence-electron chi connectivity index (χ2n) is 2.34. The number of carbonyl (C=O) groups excluding carboxylic acids is 1. The van der Waals surface area contributed by atoms with E-state index in [0.29, 0.717) is 0 Å². The van der Waals surface area contributed by atoms with E-state index in [2.05, 4.69) is 40.2 Å². The molecule has 0 saturated heterocycles. The fourth-order valence-corrected chi connectivity index (χ4v) is 0.301. The minimum Gasteiger partial charge on any atom is -0.487 e. The monoisotopic (exact) mass is 269 g/mol. The van der Waals surface area contributed by atoms with Crippen LogP contribution in [-0.4, -0.2) is 35.0 Å². The highest BCUT2D eigenvalue weighted by molar-refractivity contribution is 7.80. The third-order valence-corrected chi connectivity index (χ3v) is 0.992. The van der Waals surface area contributed by atoms with Crippen molar-refractivity contribution in [3.8, 4) is 0 Å². The normalized spacial score (nSPS) is 7.19. The first-order valence-corrected chi connectivity index (χ1v) is 5.15. The Balaban J connectivity index is -0.000000166. The molecule has 6 N–H and O–H groups in total. The Kier molecular flexibility index (Phi) is 20.6. The van der Waals surface area contributed by atoms with Gasteiger partial charge in [0.1, 0.15) is 0 Å². The summed E-state index contributed by atoms with van der Waals surface area (Å²) in [6.45, 7) is 4.35. The van der Waals surface area contributed by atoms with E-state index >= 15 is 0 Å². The van der Waals surface area contributed by atoms with Crippen LogP contribution >= 0.6 is 24.4 Å². The number of aliphatic hydroxyl groups excluding tert-OH is 1. The lowest BCUT2D eigenvalue weighted by atomic mass is 10.5. The Morgan fingerprint density at radius 1 is 1.44 bits per heavy atom. The van der Waals surface area contributed by atoms with Gasteiger partial charge in [0.2, 0.25) is 5.91 Å². The lowest BCUT2D eigenvalue weighted by molar-refractivity contribution is -0.118. The van der Waals surface area contributed by atoms with Crippen LogP contribution in [0.2, 0.25) is 0 Å². The molecule has 8 heteroatoms. The molecular formula is C8H19N3O3S2. The number of nitrogens with one attached hydrogen (secondary N) is 1. The van der Waals surface area contributed by atoms with Crippen LogP contribution in [0, 0.1) is 0 Å². The molecule has 0 aliphatic rings. The zero-order valence-electron chi connectivity index (χ0n) is 9.65. The molecule has 0 saturated carbocycles. The highest BCUT2D eigenvalue weighted by Gasteiger charge is 1.83. The number of thiocarbonyl (C=S) groups is 2. The van der Waals surface area contributed by atoms with Crippen LogP contribution in [0.25, 0.3) is 0 Å². The molecule has 0 unspecified atom stereocenters. The number of carbonyl (C=O) groups is 1. The van der Waals surface area contributed by atoms with E-state index in [4.69, 9.17) is 10.8 Å². The van der Waals surface area contributed by atoms with E-state index in [1.807, 2.05) is 6.92 Å². The lowest BCUT2D eigenvalue weighted by Crippen LogP contribution is -2.19. The smallest absolute Gasteiger partial charge is 0.253 e. The standard InChI is InChI=1S/C5H11NO.C2H5NOS.CH3NOS/c1-3-4-6-5(2)7;1-4-2(3)5;2-1(3)4/h3-4H2,1-2H3,(H,6,7);1H3,(H2,3,5);(H3,2,3,4). The minimum atomic E-state index is -0.500. The molecule has 0 bridgehead atoms. The molecule has 0 aromatic rings. The van der Waals surface area contributed by atoms with E-state index in [0.717, 1.165) is 13.0 Å². The molecule has 0 rings (SSSR count). The number of rotatable bonds is 2. The number of methoxy groups -OCH3 is 1. The lowest BCUT2D eigenvalue weighted by Gasteiger charge is -1.93. The van der Waals surface area contributed by atoms with E-state index in [1.165, 1.54) is 14.0 Å². The van der Waals surface area contributed by atoms with Gasteiger partial charge in [0.15, 0.2) is 0 Å². The van der Waals surface area contributed by atoms with Crippen molar-refractivity contribution < 1.29 is 14.6 Å². The van der Waals surface area contributed by atoms with Gasteiger partial charge in [-0.3, -0.25) is 4.79 Å². The van der Waals surface area contributed by atoms with E-state index in [-0.39, 0.29) is 11.1 Å². The molecule has 0 fully saturated rings. The molecule has 0 aliphatic heterocycles. The topological polar surface area (TPSA) is 111 Å². The summed E-state index contributed by atoms with van der Waals surface area (Å²) in [6.07, 6.45) is 1.01. The quantitative estimate of drug-likeness (QED) is 0.530. The van der Waals surface area contributed by atoms with Crippen LogP contribution in [0.5, 0.6) is 0 Å². The molecule has 0 atom stereocenters. The molecule has 96 valence electrons. The van der Waals surface area contributed by atoms with Gasteiger partial charge in [0.25, 0.3) is 10.3 Å². The molecule has 6 nitrogen and oxygen atoms in total. The highest BCUT2D eigenvalue weighted by Crippen LogP contribution is 1.67. The van der Waals surface area contributed by atoms with Gasteiger partial charge in [-0.25, -0.2) is 0 Å². The molecule has 1 amide bonds. The Morgan fingerprint density at radius 3 is 1.81 bits per heavy atom. The number of amides is 1. The summed E-state index contributed by atoms with van der Waals surface area (Å²) >= 11 is 8.12. The molecule has 0 aromatic heterocycles. The van der Waals surface area contributed by atoms with Crippen molar-refractivity contribution in [3.63, 3.8) is 0 Å². The highest BCUT2D eigenvalue weighted by atomic mass is 32.1.